The molecular weight excluding hydrogens is 214 g/mol. The van der Waals surface area contributed by atoms with Gasteiger partial charge in [-0.05, 0) is 26.0 Å². The number of hydrogen-bond donors (Lipinski definition) is 1. The summed E-state index contributed by atoms with van der Waals surface area (Å²) >= 11 is 0. The molecule has 4 heteroatoms. The van der Waals surface area contributed by atoms with Crippen molar-refractivity contribution in [2.45, 2.75) is 39.1 Å². The van der Waals surface area contributed by atoms with Gasteiger partial charge in [-0.25, -0.2) is 0 Å². The Hall–Kier alpha value is -0.840. The molecule has 2 heterocycles. The quantitative estimate of drug-likeness (QED) is 0.851. The summed E-state index contributed by atoms with van der Waals surface area (Å²) in [7, 11) is 0. The van der Waals surface area contributed by atoms with Crippen LogP contribution in [0.1, 0.15) is 19.5 Å². The SMILES string of the molecule is CC(C)N1CCOC(Cn2cccc2CN)C1. The number of ether oxygens (including phenoxy) is 1. The fourth-order valence-electron chi connectivity index (χ4n) is 2.35. The second-order valence-corrected chi connectivity index (χ2v) is 4.94. The molecule has 0 aromatic carbocycles. The van der Waals surface area contributed by atoms with E-state index < -0.39 is 0 Å². The first-order chi connectivity index (χ1) is 8.20. The molecule has 0 aliphatic carbocycles. The van der Waals surface area contributed by atoms with Crippen LogP contribution >= 0.6 is 0 Å². The first kappa shape index (κ1) is 12.6. The average molecular weight is 237 g/mol. The maximum Gasteiger partial charge on any atom is 0.0881 e. The summed E-state index contributed by atoms with van der Waals surface area (Å²) in [6.07, 6.45) is 2.36. The van der Waals surface area contributed by atoms with Gasteiger partial charge in [-0.3, -0.25) is 4.90 Å². The maximum atomic E-state index is 5.83. The highest BCUT2D eigenvalue weighted by Crippen LogP contribution is 2.12. The van der Waals surface area contributed by atoms with Gasteiger partial charge in [0.1, 0.15) is 0 Å². The molecule has 2 rings (SSSR count). The lowest BCUT2D eigenvalue weighted by Gasteiger charge is -2.35. The van der Waals surface area contributed by atoms with Crippen LogP contribution in [0, 0.1) is 0 Å². The summed E-state index contributed by atoms with van der Waals surface area (Å²) in [5, 5.41) is 0. The van der Waals surface area contributed by atoms with Crippen molar-refractivity contribution in [2.24, 2.45) is 5.73 Å². The lowest BCUT2D eigenvalue weighted by atomic mass is 10.2. The van der Waals surface area contributed by atoms with Gasteiger partial charge in [-0.2, -0.15) is 0 Å². The molecule has 1 saturated heterocycles. The van der Waals surface area contributed by atoms with Gasteiger partial charge >= 0.3 is 0 Å². The van der Waals surface area contributed by atoms with E-state index in [0.29, 0.717) is 12.6 Å². The minimum atomic E-state index is 0.281. The Morgan fingerprint density at radius 2 is 2.35 bits per heavy atom. The molecule has 2 N–H and O–H groups in total. The van der Waals surface area contributed by atoms with Crippen LogP contribution in [-0.4, -0.2) is 41.3 Å². The van der Waals surface area contributed by atoms with Crippen molar-refractivity contribution in [3.05, 3.63) is 24.0 Å². The predicted molar refractivity (Wildman–Crippen MR) is 68.8 cm³/mol. The van der Waals surface area contributed by atoms with E-state index in [4.69, 9.17) is 10.5 Å². The average Bonchev–Trinajstić information content (AvgIpc) is 2.76. The van der Waals surface area contributed by atoms with Crippen LogP contribution in [0.3, 0.4) is 0 Å². The van der Waals surface area contributed by atoms with Crippen molar-refractivity contribution in [3.8, 4) is 0 Å². The minimum absolute atomic E-state index is 0.281. The molecule has 0 saturated carbocycles. The van der Waals surface area contributed by atoms with Crippen molar-refractivity contribution in [1.82, 2.24) is 9.47 Å². The lowest BCUT2D eigenvalue weighted by Crippen LogP contribution is -2.47. The highest BCUT2D eigenvalue weighted by molar-refractivity contribution is 5.06. The highest BCUT2D eigenvalue weighted by atomic mass is 16.5. The first-order valence-corrected chi connectivity index (χ1v) is 6.40. The van der Waals surface area contributed by atoms with Crippen molar-refractivity contribution in [1.29, 1.82) is 0 Å². The second-order valence-electron chi connectivity index (χ2n) is 4.94. The van der Waals surface area contributed by atoms with Gasteiger partial charge in [0.15, 0.2) is 0 Å². The molecule has 0 spiro atoms. The summed E-state index contributed by atoms with van der Waals surface area (Å²) in [5.74, 6) is 0. The van der Waals surface area contributed by atoms with E-state index >= 15 is 0 Å². The topological polar surface area (TPSA) is 43.4 Å². The van der Waals surface area contributed by atoms with E-state index in [1.807, 2.05) is 6.07 Å². The Morgan fingerprint density at radius 1 is 1.53 bits per heavy atom. The molecule has 0 radical (unpaired) electrons. The van der Waals surface area contributed by atoms with Gasteiger partial charge in [0, 0.05) is 44.1 Å². The van der Waals surface area contributed by atoms with E-state index in [0.717, 1.165) is 26.2 Å². The third-order valence-corrected chi connectivity index (χ3v) is 3.43. The smallest absolute Gasteiger partial charge is 0.0881 e. The Morgan fingerprint density at radius 3 is 3.06 bits per heavy atom. The number of morpholine rings is 1. The van der Waals surface area contributed by atoms with Crippen LogP contribution in [0.15, 0.2) is 18.3 Å². The molecule has 4 nitrogen and oxygen atoms in total. The molecule has 96 valence electrons. The molecule has 0 amide bonds. The molecule has 0 bridgehead atoms. The summed E-state index contributed by atoms with van der Waals surface area (Å²) < 4.78 is 8.03. The number of nitrogens with two attached hydrogens (primary N) is 1. The second kappa shape index (κ2) is 5.67. The summed E-state index contributed by atoms with van der Waals surface area (Å²) in [6.45, 7) is 8.87. The maximum absolute atomic E-state index is 5.83. The van der Waals surface area contributed by atoms with E-state index in [1.54, 1.807) is 0 Å². The number of hydrogen-bond acceptors (Lipinski definition) is 3. The zero-order valence-electron chi connectivity index (χ0n) is 10.8. The fourth-order valence-corrected chi connectivity index (χ4v) is 2.35. The summed E-state index contributed by atoms with van der Waals surface area (Å²) in [4.78, 5) is 2.47. The van der Waals surface area contributed by atoms with Crippen molar-refractivity contribution in [3.63, 3.8) is 0 Å². The molecule has 1 aromatic rings. The predicted octanol–water partition coefficient (Wildman–Crippen LogP) is 1.06. The fraction of sp³-hybridized carbons (Fsp3) is 0.692. The first-order valence-electron chi connectivity index (χ1n) is 6.40. The number of aromatic nitrogens is 1. The van der Waals surface area contributed by atoms with Crippen LogP contribution in [0.5, 0.6) is 0 Å². The molecule has 1 fully saturated rings. The number of nitrogens with zero attached hydrogens (tertiary/aromatic N) is 2. The molecule has 1 aliphatic heterocycles. The molecule has 1 unspecified atom stereocenters. The Kier molecular flexibility index (Phi) is 4.20. The molecular formula is C13H23N3O. The van der Waals surface area contributed by atoms with Crippen molar-refractivity contribution in [2.75, 3.05) is 19.7 Å². The van der Waals surface area contributed by atoms with E-state index in [2.05, 4.69) is 35.6 Å². The van der Waals surface area contributed by atoms with E-state index in [-0.39, 0.29) is 6.10 Å². The van der Waals surface area contributed by atoms with Crippen LogP contribution in [0.2, 0.25) is 0 Å². The van der Waals surface area contributed by atoms with Crippen molar-refractivity contribution < 1.29 is 4.74 Å². The monoisotopic (exact) mass is 237 g/mol. The standard InChI is InChI=1S/C13H23N3O/c1-11(2)15-6-7-17-13(9-15)10-16-5-3-4-12(16)8-14/h3-5,11,13H,6-10,14H2,1-2H3. The van der Waals surface area contributed by atoms with Crippen LogP contribution in [0.4, 0.5) is 0 Å². The van der Waals surface area contributed by atoms with Crippen LogP contribution < -0.4 is 5.73 Å². The highest BCUT2D eigenvalue weighted by Gasteiger charge is 2.22. The van der Waals surface area contributed by atoms with Crippen LogP contribution in [-0.2, 0) is 17.8 Å². The zero-order valence-corrected chi connectivity index (χ0v) is 10.8. The third kappa shape index (κ3) is 3.09. The lowest BCUT2D eigenvalue weighted by molar-refractivity contribution is -0.0458. The third-order valence-electron chi connectivity index (χ3n) is 3.43. The van der Waals surface area contributed by atoms with Gasteiger partial charge < -0.3 is 15.0 Å². The Bertz CT molecular complexity index is 348. The minimum Gasteiger partial charge on any atom is -0.374 e. The number of rotatable bonds is 4. The van der Waals surface area contributed by atoms with Crippen molar-refractivity contribution >= 4 is 0 Å². The summed E-state index contributed by atoms with van der Waals surface area (Å²) in [5.41, 5.74) is 6.88. The molecule has 1 aliphatic rings. The van der Waals surface area contributed by atoms with Gasteiger partial charge in [0.2, 0.25) is 0 Å². The van der Waals surface area contributed by atoms with Crippen LogP contribution in [0.25, 0.3) is 0 Å². The molecule has 1 aromatic heterocycles. The summed E-state index contributed by atoms with van der Waals surface area (Å²) in [6, 6.07) is 4.72. The zero-order chi connectivity index (χ0) is 12.3. The largest absolute Gasteiger partial charge is 0.374 e. The normalized spacial score (nSPS) is 22.2. The molecule has 17 heavy (non-hydrogen) atoms. The Balaban J connectivity index is 1.94. The van der Waals surface area contributed by atoms with E-state index in [1.165, 1.54) is 5.69 Å². The van der Waals surface area contributed by atoms with Gasteiger partial charge in [-0.1, -0.05) is 0 Å². The van der Waals surface area contributed by atoms with E-state index in [9.17, 15) is 0 Å². The van der Waals surface area contributed by atoms with Gasteiger partial charge in [0.25, 0.3) is 0 Å². The van der Waals surface area contributed by atoms with Gasteiger partial charge in [0.05, 0.1) is 12.7 Å². The molecule has 1 atom stereocenters. The van der Waals surface area contributed by atoms with Gasteiger partial charge in [-0.15, -0.1) is 0 Å². The Labute approximate surface area is 103 Å².